The molecule has 3 nitrogen and oxygen atoms in total. The Bertz CT molecular complexity index is 577. The number of hydrogen-bond acceptors (Lipinski definition) is 3. The number of aliphatic hydroxyl groups is 1. The van der Waals surface area contributed by atoms with Crippen molar-refractivity contribution in [2.75, 3.05) is 6.54 Å². The summed E-state index contributed by atoms with van der Waals surface area (Å²) in [5.41, 5.74) is 2.52. The van der Waals surface area contributed by atoms with Gasteiger partial charge in [0.2, 0.25) is 0 Å². The van der Waals surface area contributed by atoms with E-state index in [2.05, 4.69) is 5.32 Å². The van der Waals surface area contributed by atoms with Gasteiger partial charge in [-0.05, 0) is 35.1 Å². The summed E-state index contributed by atoms with van der Waals surface area (Å²) < 4.78 is 0. The summed E-state index contributed by atoms with van der Waals surface area (Å²) in [7, 11) is 0. The van der Waals surface area contributed by atoms with Crippen LogP contribution in [0.15, 0.2) is 35.7 Å². The topological polar surface area (TPSA) is 49.3 Å². The van der Waals surface area contributed by atoms with E-state index in [9.17, 15) is 9.90 Å². The van der Waals surface area contributed by atoms with Gasteiger partial charge >= 0.3 is 0 Å². The Morgan fingerprint density at radius 3 is 3.00 bits per heavy atom. The number of amides is 1. The van der Waals surface area contributed by atoms with Crippen molar-refractivity contribution in [3.63, 3.8) is 0 Å². The summed E-state index contributed by atoms with van der Waals surface area (Å²) in [6, 6.07) is 9.46. The molecule has 0 saturated heterocycles. The second-order valence-electron chi connectivity index (χ2n) is 4.34. The smallest absolute Gasteiger partial charge is 0.251 e. The molecule has 2 heterocycles. The largest absolute Gasteiger partial charge is 0.383 e. The minimum Gasteiger partial charge on any atom is -0.383 e. The van der Waals surface area contributed by atoms with Crippen LogP contribution >= 0.6 is 11.3 Å². The van der Waals surface area contributed by atoms with Crippen LogP contribution in [0.1, 0.15) is 32.5 Å². The number of carbonyl (C=O) groups is 1. The van der Waals surface area contributed by atoms with Crippen molar-refractivity contribution in [1.29, 1.82) is 0 Å². The molecule has 1 aromatic heterocycles. The minimum absolute atomic E-state index is 0.0449. The summed E-state index contributed by atoms with van der Waals surface area (Å²) in [5, 5.41) is 15.0. The molecular formula is C14H13NO2S. The molecule has 1 atom stereocenters. The van der Waals surface area contributed by atoms with Gasteiger partial charge in [-0.2, -0.15) is 0 Å². The third kappa shape index (κ3) is 1.94. The highest BCUT2D eigenvalue weighted by Crippen LogP contribution is 2.28. The third-order valence-electron chi connectivity index (χ3n) is 3.19. The molecule has 1 aromatic carbocycles. The molecule has 1 amide bonds. The van der Waals surface area contributed by atoms with Crippen LogP contribution in [0.2, 0.25) is 0 Å². The maximum Gasteiger partial charge on any atom is 0.251 e. The van der Waals surface area contributed by atoms with Crippen molar-refractivity contribution in [3.8, 4) is 0 Å². The number of thiophene rings is 1. The van der Waals surface area contributed by atoms with Crippen molar-refractivity contribution in [2.45, 2.75) is 12.5 Å². The van der Waals surface area contributed by atoms with Crippen molar-refractivity contribution >= 4 is 17.2 Å². The van der Waals surface area contributed by atoms with Crippen LogP contribution in [0.25, 0.3) is 0 Å². The van der Waals surface area contributed by atoms with E-state index in [4.69, 9.17) is 0 Å². The number of benzene rings is 1. The summed E-state index contributed by atoms with van der Waals surface area (Å²) >= 11 is 1.51. The summed E-state index contributed by atoms with van der Waals surface area (Å²) in [6.07, 6.45) is 0.209. The Morgan fingerprint density at radius 1 is 1.33 bits per heavy atom. The Hall–Kier alpha value is -1.65. The zero-order chi connectivity index (χ0) is 12.5. The normalized spacial score (nSPS) is 15.9. The highest BCUT2D eigenvalue weighted by atomic mass is 32.1. The number of carbonyl (C=O) groups excluding carboxylic acids is 1. The number of hydrogen-bond donors (Lipinski definition) is 2. The molecule has 2 aromatic rings. The van der Waals surface area contributed by atoms with E-state index in [0.29, 0.717) is 12.1 Å². The predicted molar refractivity (Wildman–Crippen MR) is 70.9 cm³/mol. The molecule has 0 saturated carbocycles. The minimum atomic E-state index is -0.648. The molecule has 92 valence electrons. The fraction of sp³-hybridized carbons (Fsp3) is 0.214. The molecule has 0 radical (unpaired) electrons. The average molecular weight is 259 g/mol. The lowest BCUT2D eigenvalue weighted by atomic mass is 9.96. The first-order valence-electron chi connectivity index (χ1n) is 5.88. The number of rotatable bonds is 2. The third-order valence-corrected chi connectivity index (χ3v) is 4.11. The van der Waals surface area contributed by atoms with E-state index in [1.54, 1.807) is 6.07 Å². The highest BCUT2D eigenvalue weighted by Gasteiger charge is 2.19. The lowest BCUT2D eigenvalue weighted by Crippen LogP contribution is -2.31. The molecule has 1 unspecified atom stereocenters. The van der Waals surface area contributed by atoms with Gasteiger partial charge in [-0.3, -0.25) is 4.79 Å². The molecule has 0 spiro atoms. The van der Waals surface area contributed by atoms with Gasteiger partial charge in [-0.25, -0.2) is 0 Å². The zero-order valence-electron chi connectivity index (χ0n) is 9.72. The van der Waals surface area contributed by atoms with E-state index in [1.165, 1.54) is 11.3 Å². The van der Waals surface area contributed by atoms with Gasteiger partial charge in [0.05, 0.1) is 0 Å². The molecule has 4 heteroatoms. The molecule has 0 bridgehead atoms. The fourth-order valence-electron chi connectivity index (χ4n) is 2.21. The van der Waals surface area contributed by atoms with E-state index in [-0.39, 0.29) is 5.91 Å². The van der Waals surface area contributed by atoms with Crippen LogP contribution in [0.4, 0.5) is 0 Å². The monoisotopic (exact) mass is 259 g/mol. The lowest BCUT2D eigenvalue weighted by molar-refractivity contribution is 0.0945. The molecule has 2 N–H and O–H groups in total. The first kappa shape index (κ1) is 11.4. The number of aliphatic hydroxyl groups excluding tert-OH is 1. The fourth-order valence-corrected chi connectivity index (χ4v) is 2.95. The molecule has 1 aliphatic rings. The average Bonchev–Trinajstić information content (AvgIpc) is 2.92. The molecule has 1 aliphatic heterocycles. The van der Waals surface area contributed by atoms with Gasteiger partial charge in [0.25, 0.3) is 5.91 Å². The lowest BCUT2D eigenvalue weighted by Gasteiger charge is -2.18. The van der Waals surface area contributed by atoms with Gasteiger partial charge in [0, 0.05) is 17.0 Å². The predicted octanol–water partition coefficient (Wildman–Crippen LogP) is 2.12. The van der Waals surface area contributed by atoms with Crippen molar-refractivity contribution in [1.82, 2.24) is 5.32 Å². The Kier molecular flexibility index (Phi) is 2.89. The second-order valence-corrected chi connectivity index (χ2v) is 5.32. The van der Waals surface area contributed by atoms with Crippen molar-refractivity contribution < 1.29 is 9.90 Å². The first-order valence-corrected chi connectivity index (χ1v) is 6.76. The van der Waals surface area contributed by atoms with Crippen LogP contribution in [0.5, 0.6) is 0 Å². The number of nitrogens with one attached hydrogen (secondary N) is 1. The van der Waals surface area contributed by atoms with Crippen molar-refractivity contribution in [3.05, 3.63) is 57.3 Å². The van der Waals surface area contributed by atoms with Gasteiger partial charge in [0.1, 0.15) is 6.10 Å². The van der Waals surface area contributed by atoms with E-state index in [1.807, 2.05) is 29.6 Å². The Morgan fingerprint density at radius 2 is 2.22 bits per heavy atom. The molecular weight excluding hydrogens is 246 g/mol. The maximum atomic E-state index is 11.8. The van der Waals surface area contributed by atoms with Gasteiger partial charge < -0.3 is 10.4 Å². The summed E-state index contributed by atoms with van der Waals surface area (Å²) in [6.45, 7) is 0.693. The highest BCUT2D eigenvalue weighted by molar-refractivity contribution is 7.10. The molecule has 0 aliphatic carbocycles. The van der Waals surface area contributed by atoms with Gasteiger partial charge in [-0.15, -0.1) is 11.3 Å². The van der Waals surface area contributed by atoms with E-state index >= 15 is 0 Å². The summed E-state index contributed by atoms with van der Waals surface area (Å²) in [5.74, 6) is -0.0449. The van der Waals surface area contributed by atoms with Crippen LogP contribution in [0.3, 0.4) is 0 Å². The van der Waals surface area contributed by atoms with Crippen molar-refractivity contribution in [2.24, 2.45) is 0 Å². The van der Waals surface area contributed by atoms with E-state index in [0.717, 1.165) is 22.4 Å². The quantitative estimate of drug-likeness (QED) is 0.868. The van der Waals surface area contributed by atoms with Gasteiger partial charge in [-0.1, -0.05) is 18.2 Å². The second kappa shape index (κ2) is 4.55. The van der Waals surface area contributed by atoms with Crippen LogP contribution in [0, 0.1) is 0 Å². The maximum absolute atomic E-state index is 11.8. The molecule has 18 heavy (non-hydrogen) atoms. The van der Waals surface area contributed by atoms with Crippen LogP contribution < -0.4 is 5.32 Å². The van der Waals surface area contributed by atoms with Crippen LogP contribution in [-0.4, -0.2) is 17.6 Å². The van der Waals surface area contributed by atoms with E-state index < -0.39 is 6.10 Å². The van der Waals surface area contributed by atoms with Gasteiger partial charge in [0.15, 0.2) is 0 Å². The first-order chi connectivity index (χ1) is 8.75. The SMILES string of the molecule is O=C1NCCc2ccc(C(O)c3cccs3)cc21. The Labute approximate surface area is 109 Å². The Balaban J connectivity index is 1.99. The van der Waals surface area contributed by atoms with Crippen LogP contribution in [-0.2, 0) is 6.42 Å². The summed E-state index contributed by atoms with van der Waals surface area (Å²) in [4.78, 5) is 12.7. The standard InChI is InChI=1S/C14H13NO2S/c16-13(12-2-1-7-18-12)10-4-3-9-5-6-15-14(17)11(9)8-10/h1-4,7-8,13,16H,5-6H2,(H,15,17). The molecule has 3 rings (SSSR count). The molecule has 0 fully saturated rings. The zero-order valence-corrected chi connectivity index (χ0v) is 10.5. The number of fused-ring (bicyclic) bond motifs is 1.